The van der Waals surface area contributed by atoms with Crippen LogP contribution in [0.2, 0.25) is 0 Å². The minimum atomic E-state index is -0.444. The third-order valence-corrected chi connectivity index (χ3v) is 2.95. The van der Waals surface area contributed by atoms with Gasteiger partial charge in [-0.25, -0.2) is 0 Å². The number of nitrogens with one attached hydrogen (secondary N) is 1. The number of hydrazone groups is 1. The molecule has 0 aromatic heterocycles. The average molecular weight is 281 g/mol. The molecule has 2 aromatic rings. The minimum absolute atomic E-state index is 0.0296. The van der Waals surface area contributed by atoms with Crippen LogP contribution in [-0.2, 0) is 4.74 Å². The van der Waals surface area contributed by atoms with Crippen LogP contribution in [0, 0.1) is 10.1 Å². The van der Waals surface area contributed by atoms with Crippen LogP contribution in [0.15, 0.2) is 65.9 Å². The summed E-state index contributed by atoms with van der Waals surface area (Å²) in [6, 6.07) is 15.6. The van der Waals surface area contributed by atoms with E-state index in [1.165, 1.54) is 12.1 Å². The highest BCUT2D eigenvalue weighted by Crippen LogP contribution is 2.21. The van der Waals surface area contributed by atoms with E-state index in [-0.39, 0.29) is 5.69 Å². The van der Waals surface area contributed by atoms with Crippen molar-refractivity contribution in [2.45, 2.75) is 0 Å². The molecule has 21 heavy (non-hydrogen) atoms. The number of rotatable bonds is 3. The van der Waals surface area contributed by atoms with Gasteiger partial charge < -0.3 is 4.74 Å². The molecule has 1 aliphatic rings. The third-order valence-electron chi connectivity index (χ3n) is 2.95. The van der Waals surface area contributed by atoms with Crippen LogP contribution in [0.25, 0.3) is 5.76 Å². The van der Waals surface area contributed by atoms with Crippen LogP contribution >= 0.6 is 0 Å². The van der Waals surface area contributed by atoms with Crippen molar-refractivity contribution in [3.63, 3.8) is 0 Å². The lowest BCUT2D eigenvalue weighted by atomic mass is 10.1. The number of hydrogen-bond donors (Lipinski definition) is 1. The lowest BCUT2D eigenvalue weighted by molar-refractivity contribution is -0.384. The molecule has 3 rings (SSSR count). The average Bonchev–Trinajstić information content (AvgIpc) is 2.56. The molecule has 0 spiro atoms. The molecule has 0 atom stereocenters. The Morgan fingerprint density at radius 1 is 1.00 bits per heavy atom. The van der Waals surface area contributed by atoms with Gasteiger partial charge in [0, 0.05) is 23.3 Å². The second kappa shape index (κ2) is 5.46. The molecular weight excluding hydrogens is 270 g/mol. The maximum absolute atomic E-state index is 10.6. The fourth-order valence-electron chi connectivity index (χ4n) is 1.90. The summed E-state index contributed by atoms with van der Waals surface area (Å²) in [6.07, 6.45) is 1.66. The van der Waals surface area contributed by atoms with E-state index >= 15 is 0 Å². The van der Waals surface area contributed by atoms with Crippen molar-refractivity contribution in [3.05, 3.63) is 82.0 Å². The zero-order valence-corrected chi connectivity index (χ0v) is 10.9. The minimum Gasteiger partial charge on any atom is -0.435 e. The maximum Gasteiger partial charge on any atom is 0.269 e. The molecule has 1 aliphatic heterocycles. The summed E-state index contributed by atoms with van der Waals surface area (Å²) < 4.78 is 5.74. The molecule has 1 heterocycles. The van der Waals surface area contributed by atoms with Crippen LogP contribution in [0.5, 0.6) is 0 Å². The van der Waals surface area contributed by atoms with E-state index in [1.54, 1.807) is 18.3 Å². The summed E-state index contributed by atoms with van der Waals surface area (Å²) in [7, 11) is 0. The number of benzene rings is 2. The lowest BCUT2D eigenvalue weighted by Gasteiger charge is -2.16. The van der Waals surface area contributed by atoms with E-state index in [9.17, 15) is 10.1 Å². The number of nitro groups is 1. The van der Waals surface area contributed by atoms with Gasteiger partial charge in [-0.05, 0) is 12.1 Å². The predicted molar refractivity (Wildman–Crippen MR) is 78.3 cm³/mol. The van der Waals surface area contributed by atoms with Crippen molar-refractivity contribution in [2.24, 2.45) is 5.10 Å². The summed E-state index contributed by atoms with van der Waals surface area (Å²) in [5.74, 6) is 1.00. The van der Waals surface area contributed by atoms with Gasteiger partial charge in [-0.2, -0.15) is 0 Å². The van der Waals surface area contributed by atoms with Crippen LogP contribution in [0.3, 0.4) is 0 Å². The zero-order chi connectivity index (χ0) is 14.7. The van der Waals surface area contributed by atoms with Gasteiger partial charge in [-0.3, -0.25) is 15.5 Å². The molecular formula is C15H11N3O3. The molecule has 1 N–H and O–H groups in total. The van der Waals surface area contributed by atoms with Gasteiger partial charge in [0.15, 0.2) is 5.76 Å². The highest BCUT2D eigenvalue weighted by atomic mass is 16.6. The first-order chi connectivity index (χ1) is 10.2. The Labute approximate surface area is 120 Å². The first kappa shape index (κ1) is 12.9. The van der Waals surface area contributed by atoms with Gasteiger partial charge in [0.05, 0.1) is 11.1 Å². The molecule has 0 fully saturated rings. The van der Waals surface area contributed by atoms with E-state index in [0.717, 1.165) is 5.56 Å². The molecule has 0 aliphatic carbocycles. The van der Waals surface area contributed by atoms with Gasteiger partial charge in [0.25, 0.3) is 5.69 Å². The van der Waals surface area contributed by atoms with E-state index in [4.69, 9.17) is 4.74 Å². The summed E-state index contributed by atoms with van der Waals surface area (Å²) in [6.45, 7) is 0. The fraction of sp³-hybridized carbons (Fsp3) is 0. The number of non-ortho nitro benzene ring substituents is 1. The van der Waals surface area contributed by atoms with Gasteiger partial charge in [0.1, 0.15) is 0 Å². The number of hydrogen-bond acceptors (Lipinski definition) is 5. The Bertz CT molecular complexity index is 722. The van der Waals surface area contributed by atoms with E-state index in [2.05, 4.69) is 10.5 Å². The van der Waals surface area contributed by atoms with Crippen molar-refractivity contribution in [3.8, 4) is 0 Å². The second-order valence-corrected chi connectivity index (χ2v) is 4.33. The molecule has 104 valence electrons. The molecule has 6 heteroatoms. The van der Waals surface area contributed by atoms with Crippen molar-refractivity contribution in [1.82, 2.24) is 5.43 Å². The summed E-state index contributed by atoms with van der Waals surface area (Å²) >= 11 is 0. The van der Waals surface area contributed by atoms with Crippen molar-refractivity contribution in [1.29, 1.82) is 0 Å². The van der Waals surface area contributed by atoms with Gasteiger partial charge in [-0.15, -0.1) is 5.10 Å². The van der Waals surface area contributed by atoms with Gasteiger partial charge in [-0.1, -0.05) is 30.3 Å². The van der Waals surface area contributed by atoms with Crippen molar-refractivity contribution < 1.29 is 9.66 Å². The molecule has 0 saturated heterocycles. The van der Waals surface area contributed by atoms with E-state index in [0.29, 0.717) is 17.2 Å². The van der Waals surface area contributed by atoms with Gasteiger partial charge >= 0.3 is 0 Å². The monoisotopic (exact) mass is 281 g/mol. The molecule has 0 saturated carbocycles. The largest absolute Gasteiger partial charge is 0.435 e. The number of nitro benzene ring substituents is 1. The quantitative estimate of drug-likeness (QED) is 0.693. The Morgan fingerprint density at radius 2 is 1.71 bits per heavy atom. The lowest BCUT2D eigenvalue weighted by Crippen LogP contribution is -2.16. The second-order valence-electron chi connectivity index (χ2n) is 4.33. The SMILES string of the molecule is O=[N+]([O-])c1ccc(C2=NNC=C(c3ccccc3)O2)cc1. The molecule has 0 amide bonds. The first-order valence-electron chi connectivity index (χ1n) is 6.25. The topological polar surface area (TPSA) is 76.8 Å². The molecule has 0 radical (unpaired) electrons. The zero-order valence-electron chi connectivity index (χ0n) is 10.9. The number of ether oxygens (including phenoxy) is 1. The van der Waals surface area contributed by atoms with Crippen molar-refractivity contribution in [2.75, 3.05) is 0 Å². The molecule has 0 bridgehead atoms. The van der Waals surface area contributed by atoms with Crippen LogP contribution in [0.1, 0.15) is 11.1 Å². The Hall–Kier alpha value is -3.15. The standard InChI is InChI=1S/C15H11N3O3/c19-18(20)13-8-6-12(7-9-13)15-17-16-10-14(21-15)11-4-2-1-3-5-11/h1-10,16H. The summed E-state index contributed by atoms with van der Waals surface area (Å²) in [5.41, 5.74) is 4.39. The van der Waals surface area contributed by atoms with E-state index in [1.807, 2.05) is 30.3 Å². The fourth-order valence-corrected chi connectivity index (χ4v) is 1.90. The van der Waals surface area contributed by atoms with Gasteiger partial charge in [0.2, 0.25) is 5.90 Å². The Morgan fingerprint density at radius 3 is 2.38 bits per heavy atom. The van der Waals surface area contributed by atoms with Crippen LogP contribution in [-0.4, -0.2) is 10.8 Å². The van der Waals surface area contributed by atoms with Crippen LogP contribution < -0.4 is 5.43 Å². The Balaban J connectivity index is 1.81. The summed E-state index contributed by atoms with van der Waals surface area (Å²) in [4.78, 5) is 10.2. The first-order valence-corrected chi connectivity index (χ1v) is 6.25. The highest BCUT2D eigenvalue weighted by Gasteiger charge is 2.15. The van der Waals surface area contributed by atoms with E-state index < -0.39 is 4.92 Å². The molecule has 0 unspecified atom stereocenters. The van der Waals surface area contributed by atoms with Crippen LogP contribution in [0.4, 0.5) is 5.69 Å². The predicted octanol–water partition coefficient (Wildman–Crippen LogP) is 2.87. The molecule has 6 nitrogen and oxygen atoms in total. The number of nitrogens with zero attached hydrogens (tertiary/aromatic N) is 2. The highest BCUT2D eigenvalue weighted by molar-refractivity contribution is 5.98. The molecule has 2 aromatic carbocycles. The smallest absolute Gasteiger partial charge is 0.269 e. The summed E-state index contributed by atoms with van der Waals surface area (Å²) in [5, 5.41) is 14.7. The maximum atomic E-state index is 10.6. The van der Waals surface area contributed by atoms with Crippen molar-refractivity contribution >= 4 is 17.3 Å². The third kappa shape index (κ3) is 2.74. The Kier molecular flexibility index (Phi) is 3.34. The normalized spacial score (nSPS) is 13.5.